The molecule has 1 aliphatic carbocycles. The summed E-state index contributed by atoms with van der Waals surface area (Å²) in [5.74, 6) is 1.30. The van der Waals surface area contributed by atoms with Gasteiger partial charge in [-0.3, -0.25) is 0 Å². The standard InChI is InChI=1S/C23H28ClFO/c1-3-5-16-6-8-17(9-7-16)18-10-12-19(13-11-18)20-14-15-21(26-4-2)23(25)22(20)24/h10-17H,3-9H2,1-2H3. The maximum absolute atomic E-state index is 14.3. The minimum absolute atomic E-state index is 0.128. The zero-order valence-corrected chi connectivity index (χ0v) is 16.5. The molecule has 2 aromatic rings. The third-order valence-electron chi connectivity index (χ3n) is 5.58. The van der Waals surface area contributed by atoms with Crippen molar-refractivity contribution in [3.8, 4) is 16.9 Å². The summed E-state index contributed by atoms with van der Waals surface area (Å²) in [5.41, 5.74) is 3.05. The molecule has 3 rings (SSSR count). The Balaban J connectivity index is 1.73. The quantitative estimate of drug-likeness (QED) is 0.505. The molecule has 1 nitrogen and oxygen atoms in total. The predicted molar refractivity (Wildman–Crippen MR) is 108 cm³/mol. The highest BCUT2D eigenvalue weighted by molar-refractivity contribution is 6.33. The van der Waals surface area contributed by atoms with E-state index >= 15 is 0 Å². The molecule has 0 atom stereocenters. The highest BCUT2D eigenvalue weighted by Crippen LogP contribution is 2.39. The Labute approximate surface area is 161 Å². The average molecular weight is 375 g/mol. The molecule has 0 heterocycles. The van der Waals surface area contributed by atoms with Crippen LogP contribution in [0.25, 0.3) is 11.1 Å². The summed E-state index contributed by atoms with van der Waals surface area (Å²) in [6, 6.07) is 12.0. The first-order valence-corrected chi connectivity index (χ1v) is 10.2. The van der Waals surface area contributed by atoms with Gasteiger partial charge in [-0.25, -0.2) is 4.39 Å². The minimum Gasteiger partial charge on any atom is -0.491 e. The summed E-state index contributed by atoms with van der Waals surface area (Å²) in [7, 11) is 0. The molecule has 1 fully saturated rings. The largest absolute Gasteiger partial charge is 0.491 e. The molecule has 0 aliphatic heterocycles. The molecular weight excluding hydrogens is 347 g/mol. The van der Waals surface area contributed by atoms with Crippen LogP contribution in [0.5, 0.6) is 5.75 Å². The van der Waals surface area contributed by atoms with Gasteiger partial charge in [0.1, 0.15) is 0 Å². The third kappa shape index (κ3) is 4.23. The summed E-state index contributed by atoms with van der Waals surface area (Å²) < 4.78 is 19.6. The lowest BCUT2D eigenvalue weighted by atomic mass is 9.77. The lowest BCUT2D eigenvalue weighted by Gasteiger charge is -2.28. The summed E-state index contributed by atoms with van der Waals surface area (Å²) in [6.45, 7) is 4.52. The van der Waals surface area contributed by atoms with Crippen molar-refractivity contribution >= 4 is 11.6 Å². The summed E-state index contributed by atoms with van der Waals surface area (Å²) in [4.78, 5) is 0. The zero-order chi connectivity index (χ0) is 18.5. The highest BCUT2D eigenvalue weighted by Gasteiger charge is 2.22. The van der Waals surface area contributed by atoms with E-state index in [1.165, 1.54) is 44.1 Å². The van der Waals surface area contributed by atoms with E-state index in [4.69, 9.17) is 16.3 Å². The molecule has 3 heteroatoms. The molecule has 0 unspecified atom stereocenters. The van der Waals surface area contributed by atoms with Gasteiger partial charge in [-0.2, -0.15) is 0 Å². The number of benzene rings is 2. The second-order valence-corrected chi connectivity index (χ2v) is 7.68. The van der Waals surface area contributed by atoms with Crippen LogP contribution in [0.2, 0.25) is 5.02 Å². The monoisotopic (exact) mass is 374 g/mol. The SMILES string of the molecule is CCCC1CCC(c2ccc(-c3ccc(OCC)c(F)c3Cl)cc2)CC1. The molecule has 0 saturated heterocycles. The van der Waals surface area contributed by atoms with Gasteiger partial charge in [0.05, 0.1) is 11.6 Å². The topological polar surface area (TPSA) is 9.23 Å². The van der Waals surface area contributed by atoms with E-state index in [-0.39, 0.29) is 10.8 Å². The van der Waals surface area contributed by atoms with Crippen molar-refractivity contribution in [1.82, 2.24) is 0 Å². The lowest BCUT2D eigenvalue weighted by Crippen LogP contribution is -2.13. The lowest BCUT2D eigenvalue weighted by molar-refractivity contribution is 0.308. The number of hydrogen-bond donors (Lipinski definition) is 0. The number of hydrogen-bond acceptors (Lipinski definition) is 1. The van der Waals surface area contributed by atoms with Gasteiger partial charge in [0, 0.05) is 5.56 Å². The summed E-state index contributed by atoms with van der Waals surface area (Å²) in [5, 5.41) is 0.128. The fraction of sp³-hybridized carbons (Fsp3) is 0.478. The van der Waals surface area contributed by atoms with Crippen LogP contribution in [0.3, 0.4) is 0 Å². The Bertz CT molecular complexity index is 718. The van der Waals surface area contributed by atoms with Crippen LogP contribution in [-0.4, -0.2) is 6.61 Å². The van der Waals surface area contributed by atoms with Gasteiger partial charge >= 0.3 is 0 Å². The second kappa shape index (κ2) is 8.90. The molecule has 1 saturated carbocycles. The van der Waals surface area contributed by atoms with E-state index in [1.54, 1.807) is 6.07 Å². The first kappa shape index (κ1) is 19.2. The molecule has 0 spiro atoms. The Morgan fingerprint density at radius 2 is 1.69 bits per heavy atom. The van der Waals surface area contributed by atoms with Crippen molar-refractivity contribution in [1.29, 1.82) is 0 Å². The summed E-state index contributed by atoms with van der Waals surface area (Å²) >= 11 is 6.25. The van der Waals surface area contributed by atoms with Crippen LogP contribution in [0.1, 0.15) is 63.9 Å². The minimum atomic E-state index is -0.482. The Hall–Kier alpha value is -1.54. The Kier molecular flexibility index (Phi) is 6.58. The first-order chi connectivity index (χ1) is 12.6. The summed E-state index contributed by atoms with van der Waals surface area (Å²) in [6.07, 6.45) is 7.91. The van der Waals surface area contributed by atoms with Gasteiger partial charge in [-0.1, -0.05) is 55.6 Å². The van der Waals surface area contributed by atoms with Gasteiger partial charge in [0.15, 0.2) is 11.6 Å². The Morgan fingerprint density at radius 3 is 2.31 bits per heavy atom. The molecule has 0 bridgehead atoms. The van der Waals surface area contributed by atoms with E-state index < -0.39 is 5.82 Å². The molecule has 0 radical (unpaired) electrons. The van der Waals surface area contributed by atoms with Gasteiger partial charge in [0.25, 0.3) is 0 Å². The van der Waals surface area contributed by atoms with Crippen molar-refractivity contribution < 1.29 is 9.13 Å². The molecule has 0 N–H and O–H groups in total. The maximum Gasteiger partial charge on any atom is 0.184 e. The van der Waals surface area contributed by atoms with Gasteiger partial charge in [-0.15, -0.1) is 0 Å². The van der Waals surface area contributed by atoms with Crippen LogP contribution in [-0.2, 0) is 0 Å². The van der Waals surface area contributed by atoms with Crippen molar-refractivity contribution in [2.24, 2.45) is 5.92 Å². The molecule has 0 aromatic heterocycles. The van der Waals surface area contributed by atoms with Gasteiger partial charge < -0.3 is 4.74 Å². The van der Waals surface area contributed by atoms with Crippen molar-refractivity contribution in [2.45, 2.75) is 58.3 Å². The first-order valence-electron chi connectivity index (χ1n) is 9.85. The molecular formula is C23H28ClFO. The molecule has 2 aromatic carbocycles. The van der Waals surface area contributed by atoms with Crippen molar-refractivity contribution in [3.63, 3.8) is 0 Å². The normalized spacial score (nSPS) is 20.2. The van der Waals surface area contributed by atoms with E-state index in [1.807, 2.05) is 13.0 Å². The van der Waals surface area contributed by atoms with Crippen LogP contribution >= 0.6 is 11.6 Å². The number of halogens is 2. The molecule has 140 valence electrons. The maximum atomic E-state index is 14.3. The fourth-order valence-electron chi connectivity index (χ4n) is 4.15. The van der Waals surface area contributed by atoms with Crippen LogP contribution < -0.4 is 4.74 Å². The van der Waals surface area contributed by atoms with Crippen LogP contribution in [0.4, 0.5) is 4.39 Å². The van der Waals surface area contributed by atoms with Gasteiger partial charge in [-0.05, 0) is 67.7 Å². The van der Waals surface area contributed by atoms with Crippen LogP contribution in [0, 0.1) is 11.7 Å². The molecule has 0 amide bonds. The molecule has 1 aliphatic rings. The predicted octanol–water partition coefficient (Wildman–Crippen LogP) is 7.62. The van der Waals surface area contributed by atoms with Crippen molar-refractivity contribution in [3.05, 3.63) is 52.8 Å². The smallest absolute Gasteiger partial charge is 0.184 e. The van der Waals surface area contributed by atoms with E-state index in [2.05, 4.69) is 31.2 Å². The second-order valence-electron chi connectivity index (χ2n) is 7.30. The zero-order valence-electron chi connectivity index (χ0n) is 15.7. The van der Waals surface area contributed by atoms with E-state index in [0.717, 1.165) is 11.5 Å². The average Bonchev–Trinajstić information content (AvgIpc) is 2.67. The van der Waals surface area contributed by atoms with E-state index in [0.29, 0.717) is 18.1 Å². The van der Waals surface area contributed by atoms with Crippen molar-refractivity contribution in [2.75, 3.05) is 6.61 Å². The third-order valence-corrected chi connectivity index (χ3v) is 5.95. The highest BCUT2D eigenvalue weighted by atomic mass is 35.5. The Morgan fingerprint density at radius 1 is 1.00 bits per heavy atom. The van der Waals surface area contributed by atoms with E-state index in [9.17, 15) is 4.39 Å². The fourth-order valence-corrected chi connectivity index (χ4v) is 4.41. The van der Waals surface area contributed by atoms with Crippen LogP contribution in [0.15, 0.2) is 36.4 Å². The number of rotatable bonds is 6. The van der Waals surface area contributed by atoms with Gasteiger partial charge in [0.2, 0.25) is 0 Å². The number of ether oxygens (including phenoxy) is 1. The molecule has 26 heavy (non-hydrogen) atoms.